The molecule has 2 N–H and O–H groups in total. The minimum atomic E-state index is -3.65. The van der Waals surface area contributed by atoms with Crippen LogP contribution >= 0.6 is 0 Å². The van der Waals surface area contributed by atoms with Crippen molar-refractivity contribution in [2.75, 3.05) is 19.6 Å². The highest BCUT2D eigenvalue weighted by Gasteiger charge is 2.30. The maximum absolute atomic E-state index is 12.7. The van der Waals surface area contributed by atoms with Gasteiger partial charge in [-0.2, -0.15) is 0 Å². The molecule has 2 aliphatic carbocycles. The van der Waals surface area contributed by atoms with Gasteiger partial charge in [-0.05, 0) is 74.6 Å². The summed E-state index contributed by atoms with van der Waals surface area (Å²) in [7, 11) is -3.65. The number of hydrogen-bond donors (Lipinski definition) is 2. The lowest BCUT2D eigenvalue weighted by atomic mass is 9.92. The fraction of sp³-hybridized carbons (Fsp3) is 0.680. The lowest BCUT2D eigenvalue weighted by molar-refractivity contribution is -0.135. The van der Waals surface area contributed by atoms with Crippen LogP contribution in [-0.2, 0) is 32.5 Å². The van der Waals surface area contributed by atoms with Crippen molar-refractivity contribution in [2.45, 2.75) is 88.0 Å². The molecule has 33 heavy (non-hydrogen) atoms. The van der Waals surface area contributed by atoms with E-state index in [2.05, 4.69) is 10.0 Å². The molecule has 182 valence electrons. The Morgan fingerprint density at radius 2 is 1.70 bits per heavy atom. The lowest BCUT2D eigenvalue weighted by Crippen LogP contribution is -2.48. The first-order valence-electron chi connectivity index (χ1n) is 12.6. The Labute approximate surface area is 197 Å². The summed E-state index contributed by atoms with van der Waals surface area (Å²) in [5.74, 6) is -0.206. The van der Waals surface area contributed by atoms with Gasteiger partial charge in [0.2, 0.25) is 21.8 Å². The SMILES string of the molecule is O=C(NC1CCCCC1)C1CCCN(C(=O)CCNS(=O)(=O)c2ccc3c(c2)CCCC3)C1. The van der Waals surface area contributed by atoms with Crippen LogP contribution in [0.4, 0.5) is 0 Å². The molecule has 0 bridgehead atoms. The Hall–Kier alpha value is -1.93. The predicted molar refractivity (Wildman–Crippen MR) is 127 cm³/mol. The second-order valence-electron chi connectivity index (χ2n) is 9.81. The van der Waals surface area contributed by atoms with E-state index in [-0.39, 0.29) is 41.6 Å². The van der Waals surface area contributed by atoms with Gasteiger partial charge in [0.15, 0.2) is 0 Å². The number of hydrogen-bond acceptors (Lipinski definition) is 4. The van der Waals surface area contributed by atoms with Crippen LogP contribution in [0.1, 0.15) is 75.3 Å². The van der Waals surface area contributed by atoms with E-state index in [0.29, 0.717) is 13.1 Å². The predicted octanol–water partition coefficient (Wildman–Crippen LogP) is 2.92. The van der Waals surface area contributed by atoms with Crippen LogP contribution in [0.3, 0.4) is 0 Å². The molecule has 1 saturated heterocycles. The molecule has 1 aromatic carbocycles. The maximum Gasteiger partial charge on any atom is 0.240 e. The number of rotatable bonds is 7. The number of nitrogens with zero attached hydrogens (tertiary/aromatic N) is 1. The van der Waals surface area contributed by atoms with Crippen molar-refractivity contribution in [1.29, 1.82) is 0 Å². The number of nitrogens with one attached hydrogen (secondary N) is 2. The molecule has 8 heteroatoms. The number of amides is 2. The molecule has 0 aromatic heterocycles. The van der Waals surface area contributed by atoms with Crippen molar-refractivity contribution in [2.24, 2.45) is 5.92 Å². The van der Waals surface area contributed by atoms with Gasteiger partial charge in [0, 0.05) is 32.1 Å². The van der Waals surface area contributed by atoms with Crippen LogP contribution in [0.15, 0.2) is 23.1 Å². The van der Waals surface area contributed by atoms with Gasteiger partial charge in [0.25, 0.3) is 0 Å². The standard InChI is InChI=1S/C25H37N3O4S/c29-24(28-16-6-9-21(18-28)25(30)27-22-10-2-1-3-11-22)14-15-26-33(31,32)23-13-12-19-7-4-5-8-20(19)17-23/h12-13,17,21-22,26H,1-11,14-16,18H2,(H,27,30). The van der Waals surface area contributed by atoms with Crippen LogP contribution in [0.5, 0.6) is 0 Å². The van der Waals surface area contributed by atoms with Gasteiger partial charge < -0.3 is 10.2 Å². The summed E-state index contributed by atoms with van der Waals surface area (Å²) in [4.78, 5) is 27.4. The van der Waals surface area contributed by atoms with Gasteiger partial charge in [-0.15, -0.1) is 0 Å². The Kier molecular flexibility index (Phi) is 8.07. The van der Waals surface area contributed by atoms with E-state index in [0.717, 1.165) is 56.9 Å². The smallest absolute Gasteiger partial charge is 0.240 e. The average molecular weight is 476 g/mol. The van der Waals surface area contributed by atoms with Crippen LogP contribution in [0, 0.1) is 5.92 Å². The van der Waals surface area contributed by atoms with E-state index in [9.17, 15) is 18.0 Å². The Morgan fingerprint density at radius 3 is 2.48 bits per heavy atom. The largest absolute Gasteiger partial charge is 0.353 e. The molecule has 2 amide bonds. The van der Waals surface area contributed by atoms with Crippen molar-refractivity contribution in [1.82, 2.24) is 14.9 Å². The molecule has 7 nitrogen and oxygen atoms in total. The average Bonchev–Trinajstić information content (AvgIpc) is 2.84. The first-order valence-corrected chi connectivity index (χ1v) is 14.1. The highest BCUT2D eigenvalue weighted by molar-refractivity contribution is 7.89. The molecule has 1 aromatic rings. The first-order chi connectivity index (χ1) is 15.9. The summed E-state index contributed by atoms with van der Waals surface area (Å²) in [6, 6.07) is 5.63. The van der Waals surface area contributed by atoms with Gasteiger partial charge in [-0.1, -0.05) is 25.3 Å². The molecule has 4 rings (SSSR count). The zero-order chi connectivity index (χ0) is 23.3. The maximum atomic E-state index is 12.7. The molecular weight excluding hydrogens is 438 g/mol. The summed E-state index contributed by atoms with van der Waals surface area (Å²) in [6.45, 7) is 1.12. The first kappa shape index (κ1) is 24.2. The third-order valence-corrected chi connectivity index (χ3v) is 8.82. The van der Waals surface area contributed by atoms with Crippen molar-refractivity contribution in [3.8, 4) is 0 Å². The zero-order valence-electron chi connectivity index (χ0n) is 19.5. The number of carbonyl (C=O) groups is 2. The van der Waals surface area contributed by atoms with E-state index in [1.54, 1.807) is 17.0 Å². The number of aryl methyl sites for hydroxylation is 2. The molecule has 1 saturated carbocycles. The lowest BCUT2D eigenvalue weighted by Gasteiger charge is -2.33. The number of benzene rings is 1. The van der Waals surface area contributed by atoms with Crippen LogP contribution in [-0.4, -0.2) is 50.8 Å². The van der Waals surface area contributed by atoms with Crippen molar-refractivity contribution in [3.05, 3.63) is 29.3 Å². The van der Waals surface area contributed by atoms with E-state index in [1.165, 1.54) is 24.8 Å². The van der Waals surface area contributed by atoms with Crippen LogP contribution < -0.4 is 10.0 Å². The normalized spacial score (nSPS) is 21.9. The number of piperidine rings is 1. The molecule has 1 heterocycles. The Bertz CT molecular complexity index is 956. The highest BCUT2D eigenvalue weighted by Crippen LogP contribution is 2.24. The van der Waals surface area contributed by atoms with Gasteiger partial charge in [0.05, 0.1) is 10.8 Å². The van der Waals surface area contributed by atoms with Crippen molar-refractivity contribution >= 4 is 21.8 Å². The van der Waals surface area contributed by atoms with E-state index >= 15 is 0 Å². The van der Waals surface area contributed by atoms with E-state index in [4.69, 9.17) is 0 Å². The summed E-state index contributed by atoms with van der Waals surface area (Å²) < 4.78 is 28.0. The molecule has 1 unspecified atom stereocenters. The minimum absolute atomic E-state index is 0.0625. The molecule has 3 aliphatic rings. The number of sulfonamides is 1. The quantitative estimate of drug-likeness (QED) is 0.634. The monoisotopic (exact) mass is 475 g/mol. The topological polar surface area (TPSA) is 95.6 Å². The summed E-state index contributed by atoms with van der Waals surface area (Å²) in [5.41, 5.74) is 2.36. The summed E-state index contributed by atoms with van der Waals surface area (Å²) in [6.07, 6.45) is 11.5. The molecule has 0 radical (unpaired) electrons. The molecule has 1 aliphatic heterocycles. The van der Waals surface area contributed by atoms with E-state index < -0.39 is 10.0 Å². The molecule has 1 atom stereocenters. The van der Waals surface area contributed by atoms with Gasteiger partial charge in [-0.3, -0.25) is 9.59 Å². The van der Waals surface area contributed by atoms with E-state index in [1.807, 2.05) is 6.07 Å². The van der Waals surface area contributed by atoms with Crippen LogP contribution in [0.2, 0.25) is 0 Å². The van der Waals surface area contributed by atoms with Gasteiger partial charge >= 0.3 is 0 Å². The van der Waals surface area contributed by atoms with Gasteiger partial charge in [0.1, 0.15) is 0 Å². The fourth-order valence-electron chi connectivity index (χ4n) is 5.39. The third-order valence-electron chi connectivity index (χ3n) is 7.36. The van der Waals surface area contributed by atoms with Gasteiger partial charge in [-0.25, -0.2) is 13.1 Å². The number of fused-ring (bicyclic) bond motifs is 1. The highest BCUT2D eigenvalue weighted by atomic mass is 32.2. The molecule has 0 spiro atoms. The summed E-state index contributed by atoms with van der Waals surface area (Å²) in [5, 5.41) is 3.18. The number of carbonyl (C=O) groups excluding carboxylic acids is 2. The second-order valence-corrected chi connectivity index (χ2v) is 11.6. The fourth-order valence-corrected chi connectivity index (χ4v) is 6.48. The van der Waals surface area contributed by atoms with Crippen LogP contribution in [0.25, 0.3) is 0 Å². The summed E-state index contributed by atoms with van der Waals surface area (Å²) >= 11 is 0. The molecular formula is C25H37N3O4S. The number of likely N-dealkylation sites (tertiary alicyclic amines) is 1. The van der Waals surface area contributed by atoms with Crippen molar-refractivity contribution < 1.29 is 18.0 Å². The minimum Gasteiger partial charge on any atom is -0.353 e. The van der Waals surface area contributed by atoms with Crippen molar-refractivity contribution in [3.63, 3.8) is 0 Å². The zero-order valence-corrected chi connectivity index (χ0v) is 20.3. The Morgan fingerprint density at radius 1 is 0.939 bits per heavy atom. The second kappa shape index (κ2) is 11.0. The Balaban J connectivity index is 1.25. The molecule has 2 fully saturated rings. The third kappa shape index (κ3) is 6.35.